The Morgan fingerprint density at radius 3 is 1.58 bits per heavy atom. The fourth-order valence-corrected chi connectivity index (χ4v) is 1.38. The van der Waals surface area contributed by atoms with E-state index in [-0.39, 0.29) is 0 Å². The Balaban J connectivity index is 4.83. The second kappa shape index (κ2) is 4.15. The summed E-state index contributed by atoms with van der Waals surface area (Å²) in [5, 5.41) is 25.7. The fraction of sp³-hybridized carbons (Fsp3) is 1.00. The van der Waals surface area contributed by atoms with Crippen LogP contribution in [0.1, 0.15) is 6.42 Å². The second-order valence-electron chi connectivity index (χ2n) is 2.45. The van der Waals surface area contributed by atoms with E-state index in [0.29, 0.717) is 0 Å². The molecule has 0 heterocycles. The molecule has 0 aliphatic heterocycles. The van der Waals surface area contributed by atoms with E-state index in [1.165, 1.54) is 0 Å². The van der Waals surface area contributed by atoms with Crippen molar-refractivity contribution in [2.45, 2.75) is 11.2 Å². The van der Waals surface area contributed by atoms with E-state index >= 15 is 0 Å². The molecule has 74 valence electrons. The first-order chi connectivity index (χ1) is 5.43. The minimum absolute atomic E-state index is 0.404. The van der Waals surface area contributed by atoms with E-state index in [0.717, 1.165) is 0 Å². The summed E-state index contributed by atoms with van der Waals surface area (Å²) in [6.07, 6.45) is -0.404. The van der Waals surface area contributed by atoms with Crippen LogP contribution in [0.3, 0.4) is 0 Å². The van der Waals surface area contributed by atoms with Gasteiger partial charge in [-0.3, -0.25) is 4.55 Å². The van der Waals surface area contributed by atoms with Gasteiger partial charge in [0.2, 0.25) is 0 Å². The lowest BCUT2D eigenvalue weighted by Gasteiger charge is -2.24. The molecule has 0 aromatic heterocycles. The Hall–Kier alpha value is -0.210. The summed E-state index contributed by atoms with van der Waals surface area (Å²) in [5.41, 5.74) is 0. The molecule has 0 aliphatic rings. The first-order valence-electron chi connectivity index (χ1n) is 3.23. The van der Waals surface area contributed by atoms with Crippen LogP contribution < -0.4 is 0 Å². The maximum Gasteiger partial charge on any atom is 0.275 e. The van der Waals surface area contributed by atoms with Crippen LogP contribution in [-0.2, 0) is 10.1 Å². The predicted molar refractivity (Wildman–Crippen MR) is 40.2 cm³/mol. The van der Waals surface area contributed by atoms with Gasteiger partial charge in [0, 0.05) is 6.61 Å². The van der Waals surface area contributed by atoms with Crippen molar-refractivity contribution >= 4 is 10.1 Å². The van der Waals surface area contributed by atoms with Gasteiger partial charge in [-0.25, -0.2) is 0 Å². The van der Waals surface area contributed by atoms with Crippen molar-refractivity contribution in [2.75, 3.05) is 19.8 Å². The van der Waals surface area contributed by atoms with Crippen molar-refractivity contribution in [2.24, 2.45) is 0 Å². The number of rotatable bonds is 5. The molecule has 0 aromatic rings. The van der Waals surface area contributed by atoms with Crippen molar-refractivity contribution in [3.63, 3.8) is 0 Å². The summed E-state index contributed by atoms with van der Waals surface area (Å²) in [6, 6.07) is 0. The van der Waals surface area contributed by atoms with Crippen LogP contribution in [-0.4, -0.2) is 52.9 Å². The molecule has 4 N–H and O–H groups in total. The van der Waals surface area contributed by atoms with Gasteiger partial charge in [-0.05, 0) is 6.42 Å². The highest BCUT2D eigenvalue weighted by Gasteiger charge is 2.41. The zero-order chi connectivity index (χ0) is 9.83. The molecule has 0 bridgehead atoms. The standard InChI is InChI=1S/C5H12O6S/c6-2-1-5(3-7,4-8)12(9,10)11/h6-8H,1-4H2,(H,9,10,11). The zero-order valence-electron chi connectivity index (χ0n) is 6.34. The molecular weight excluding hydrogens is 188 g/mol. The Labute approximate surface area is 70.2 Å². The largest absolute Gasteiger partial charge is 0.396 e. The van der Waals surface area contributed by atoms with Gasteiger partial charge >= 0.3 is 0 Å². The van der Waals surface area contributed by atoms with Crippen molar-refractivity contribution in [3.8, 4) is 0 Å². The molecular formula is C5H12O6S. The van der Waals surface area contributed by atoms with Crippen molar-refractivity contribution < 1.29 is 28.3 Å². The van der Waals surface area contributed by atoms with Crippen LogP contribution in [0.15, 0.2) is 0 Å². The fourth-order valence-electron chi connectivity index (χ4n) is 0.704. The summed E-state index contributed by atoms with van der Waals surface area (Å²) < 4.78 is 27.8. The number of hydrogen-bond acceptors (Lipinski definition) is 5. The lowest BCUT2D eigenvalue weighted by atomic mass is 10.1. The molecule has 6 nitrogen and oxygen atoms in total. The van der Waals surface area contributed by atoms with Gasteiger partial charge in [-0.15, -0.1) is 0 Å². The maximum absolute atomic E-state index is 10.6. The van der Waals surface area contributed by atoms with E-state index in [2.05, 4.69) is 0 Å². The highest BCUT2D eigenvalue weighted by atomic mass is 32.2. The first-order valence-corrected chi connectivity index (χ1v) is 4.67. The third-order valence-electron chi connectivity index (χ3n) is 1.69. The van der Waals surface area contributed by atoms with Gasteiger partial charge in [-0.2, -0.15) is 8.42 Å². The molecule has 0 unspecified atom stereocenters. The molecule has 0 spiro atoms. The normalized spacial score (nSPS) is 13.3. The highest BCUT2D eigenvalue weighted by molar-refractivity contribution is 7.87. The molecule has 12 heavy (non-hydrogen) atoms. The molecule has 0 saturated heterocycles. The minimum atomic E-state index is -4.55. The minimum Gasteiger partial charge on any atom is -0.396 e. The Morgan fingerprint density at radius 1 is 1.08 bits per heavy atom. The molecule has 0 aromatic carbocycles. The Bertz CT molecular complexity index is 216. The van der Waals surface area contributed by atoms with Gasteiger partial charge in [0.15, 0.2) is 0 Å². The second-order valence-corrected chi connectivity index (χ2v) is 4.26. The SMILES string of the molecule is O=S(=O)(O)C(CO)(CO)CCO. The molecule has 0 radical (unpaired) electrons. The molecule has 7 heteroatoms. The van der Waals surface area contributed by atoms with Crippen LogP contribution in [0.25, 0.3) is 0 Å². The predicted octanol–water partition coefficient (Wildman–Crippen LogP) is -2.02. The molecule has 0 aliphatic carbocycles. The first kappa shape index (κ1) is 11.8. The number of hydrogen-bond donors (Lipinski definition) is 4. The average molecular weight is 200 g/mol. The third-order valence-corrected chi connectivity index (χ3v) is 3.25. The zero-order valence-corrected chi connectivity index (χ0v) is 7.16. The van der Waals surface area contributed by atoms with Crippen LogP contribution >= 0.6 is 0 Å². The molecule has 0 atom stereocenters. The molecule has 0 rings (SSSR count). The lowest BCUT2D eigenvalue weighted by Crippen LogP contribution is -2.46. The van der Waals surface area contributed by atoms with Crippen LogP contribution in [0.4, 0.5) is 0 Å². The van der Waals surface area contributed by atoms with E-state index < -0.39 is 41.1 Å². The van der Waals surface area contributed by atoms with Crippen molar-refractivity contribution in [3.05, 3.63) is 0 Å². The summed E-state index contributed by atoms with van der Waals surface area (Å²) in [6.45, 7) is -2.40. The van der Waals surface area contributed by atoms with Gasteiger partial charge in [0.05, 0.1) is 13.2 Å². The van der Waals surface area contributed by atoms with Gasteiger partial charge in [-0.1, -0.05) is 0 Å². The quantitative estimate of drug-likeness (QED) is 0.381. The molecule has 0 saturated carbocycles. The highest BCUT2D eigenvalue weighted by Crippen LogP contribution is 2.19. The van der Waals surface area contributed by atoms with Gasteiger partial charge < -0.3 is 15.3 Å². The Morgan fingerprint density at radius 2 is 1.50 bits per heavy atom. The number of aliphatic hydroxyl groups is 3. The van der Waals surface area contributed by atoms with E-state index in [1.807, 2.05) is 0 Å². The van der Waals surface area contributed by atoms with Gasteiger partial charge in [0.25, 0.3) is 10.1 Å². The third kappa shape index (κ3) is 2.14. The average Bonchev–Trinajstić information content (AvgIpc) is 1.98. The molecule has 0 fully saturated rings. The Kier molecular flexibility index (Phi) is 4.08. The van der Waals surface area contributed by atoms with Crippen LogP contribution in [0, 0.1) is 0 Å². The van der Waals surface area contributed by atoms with Crippen LogP contribution in [0.2, 0.25) is 0 Å². The van der Waals surface area contributed by atoms with E-state index in [4.69, 9.17) is 19.9 Å². The summed E-state index contributed by atoms with van der Waals surface area (Å²) in [4.78, 5) is 0. The van der Waals surface area contributed by atoms with Crippen molar-refractivity contribution in [1.29, 1.82) is 0 Å². The maximum atomic E-state index is 10.6. The van der Waals surface area contributed by atoms with Crippen molar-refractivity contribution in [1.82, 2.24) is 0 Å². The topological polar surface area (TPSA) is 115 Å². The van der Waals surface area contributed by atoms with Crippen LogP contribution in [0.5, 0.6) is 0 Å². The van der Waals surface area contributed by atoms with E-state index in [9.17, 15) is 8.42 Å². The lowest BCUT2D eigenvalue weighted by molar-refractivity contribution is 0.133. The monoisotopic (exact) mass is 200 g/mol. The van der Waals surface area contributed by atoms with E-state index in [1.54, 1.807) is 0 Å². The summed E-state index contributed by atoms with van der Waals surface area (Å²) in [5.74, 6) is 0. The smallest absolute Gasteiger partial charge is 0.275 e. The summed E-state index contributed by atoms with van der Waals surface area (Å²) in [7, 11) is -4.55. The van der Waals surface area contributed by atoms with Gasteiger partial charge in [0.1, 0.15) is 4.75 Å². The number of aliphatic hydroxyl groups excluding tert-OH is 3. The molecule has 0 amide bonds. The summed E-state index contributed by atoms with van der Waals surface area (Å²) >= 11 is 0.